The normalized spacial score (nSPS) is 15.2. The molecule has 5 nitrogen and oxygen atoms in total. The summed E-state index contributed by atoms with van der Waals surface area (Å²) < 4.78 is 28.8. The second-order valence-electron chi connectivity index (χ2n) is 5.61. The molecule has 1 aliphatic heterocycles. The minimum atomic E-state index is -3.81. The van der Waals surface area contributed by atoms with Crippen LogP contribution in [-0.4, -0.2) is 19.4 Å². The molecule has 1 aromatic heterocycles. The molecule has 3 aromatic rings. The van der Waals surface area contributed by atoms with Gasteiger partial charge in [-0.05, 0) is 24.6 Å². The highest BCUT2D eigenvalue weighted by molar-refractivity contribution is 7.90. The molecule has 0 saturated carbocycles. The summed E-state index contributed by atoms with van der Waals surface area (Å²) in [4.78, 5) is 1.61. The highest BCUT2D eigenvalue weighted by Crippen LogP contribution is 2.43. The van der Waals surface area contributed by atoms with Crippen LogP contribution in [0.4, 0.5) is 5.69 Å². The summed E-state index contributed by atoms with van der Waals surface area (Å²) in [5.41, 5.74) is 1.75. The number of amidine groups is 1. The van der Waals surface area contributed by atoms with Crippen LogP contribution >= 0.6 is 11.3 Å². The van der Waals surface area contributed by atoms with Crippen molar-refractivity contribution in [1.82, 2.24) is 0 Å². The third-order valence-corrected chi connectivity index (χ3v) is 6.44. The van der Waals surface area contributed by atoms with Crippen molar-refractivity contribution in [1.29, 1.82) is 0 Å². The van der Waals surface area contributed by atoms with Gasteiger partial charge in [0.1, 0.15) is 10.6 Å². The van der Waals surface area contributed by atoms with E-state index in [-0.39, 0.29) is 16.5 Å². The van der Waals surface area contributed by atoms with Crippen LogP contribution < -0.4 is 5.32 Å². The SMILES string of the molecule is Cc1sc(-c2ccccc2)c(O)c1C1=NS(=O)(=O)c2ccccc2N1. The number of fused-ring (bicyclic) bond motifs is 1. The molecule has 0 unspecified atom stereocenters. The van der Waals surface area contributed by atoms with Gasteiger partial charge in [-0.1, -0.05) is 42.5 Å². The van der Waals surface area contributed by atoms with Gasteiger partial charge in [0.15, 0.2) is 5.84 Å². The van der Waals surface area contributed by atoms with E-state index in [1.165, 1.54) is 17.4 Å². The minimum absolute atomic E-state index is 0.0366. The van der Waals surface area contributed by atoms with Gasteiger partial charge in [-0.2, -0.15) is 8.42 Å². The van der Waals surface area contributed by atoms with E-state index >= 15 is 0 Å². The van der Waals surface area contributed by atoms with Crippen molar-refractivity contribution in [2.75, 3.05) is 5.32 Å². The lowest BCUT2D eigenvalue weighted by molar-refractivity contribution is 0.478. The van der Waals surface area contributed by atoms with Crippen molar-refractivity contribution in [3.8, 4) is 16.2 Å². The lowest BCUT2D eigenvalue weighted by Crippen LogP contribution is -2.22. The Morgan fingerprint density at radius 2 is 1.72 bits per heavy atom. The maximum absolute atomic E-state index is 12.5. The van der Waals surface area contributed by atoms with Crippen LogP contribution in [0.2, 0.25) is 0 Å². The highest BCUT2D eigenvalue weighted by Gasteiger charge is 2.29. The number of hydrogen-bond acceptors (Lipinski definition) is 5. The quantitative estimate of drug-likeness (QED) is 0.715. The number of benzene rings is 2. The van der Waals surface area contributed by atoms with Crippen molar-refractivity contribution < 1.29 is 13.5 Å². The molecule has 25 heavy (non-hydrogen) atoms. The number of aromatic hydroxyl groups is 1. The van der Waals surface area contributed by atoms with Gasteiger partial charge in [-0.25, -0.2) is 0 Å². The van der Waals surface area contributed by atoms with E-state index in [4.69, 9.17) is 0 Å². The molecule has 4 rings (SSSR count). The Kier molecular flexibility index (Phi) is 3.63. The van der Waals surface area contributed by atoms with E-state index in [9.17, 15) is 13.5 Å². The zero-order chi connectivity index (χ0) is 17.6. The smallest absolute Gasteiger partial charge is 0.286 e. The number of para-hydroxylation sites is 1. The summed E-state index contributed by atoms with van der Waals surface area (Å²) in [7, 11) is -3.81. The maximum Gasteiger partial charge on any atom is 0.286 e. The van der Waals surface area contributed by atoms with Crippen molar-refractivity contribution in [2.45, 2.75) is 11.8 Å². The summed E-state index contributed by atoms with van der Waals surface area (Å²) in [5.74, 6) is 0.182. The van der Waals surface area contributed by atoms with Gasteiger partial charge >= 0.3 is 0 Å². The first kappa shape index (κ1) is 15.9. The first-order valence-corrected chi connectivity index (χ1v) is 9.82. The number of anilines is 1. The Labute approximate surface area is 149 Å². The van der Waals surface area contributed by atoms with Crippen LogP contribution in [0, 0.1) is 6.92 Å². The summed E-state index contributed by atoms with van der Waals surface area (Å²) in [6.45, 7) is 1.84. The van der Waals surface area contributed by atoms with Gasteiger partial charge in [0.25, 0.3) is 10.0 Å². The van der Waals surface area contributed by atoms with Crippen molar-refractivity contribution in [2.24, 2.45) is 4.40 Å². The van der Waals surface area contributed by atoms with Gasteiger partial charge in [0, 0.05) is 4.88 Å². The first-order chi connectivity index (χ1) is 12.0. The van der Waals surface area contributed by atoms with Crippen LogP contribution in [-0.2, 0) is 10.0 Å². The summed E-state index contributed by atoms with van der Waals surface area (Å²) >= 11 is 1.40. The number of aryl methyl sites for hydroxylation is 1. The average molecular weight is 370 g/mol. The zero-order valence-corrected chi connectivity index (χ0v) is 14.9. The number of thiophene rings is 1. The van der Waals surface area contributed by atoms with E-state index in [1.807, 2.05) is 37.3 Å². The molecule has 0 fully saturated rings. The van der Waals surface area contributed by atoms with Crippen LogP contribution in [0.25, 0.3) is 10.4 Å². The molecule has 2 N–H and O–H groups in total. The van der Waals surface area contributed by atoms with E-state index in [2.05, 4.69) is 9.71 Å². The zero-order valence-electron chi connectivity index (χ0n) is 13.2. The van der Waals surface area contributed by atoms with Gasteiger partial charge < -0.3 is 10.4 Å². The fraction of sp³-hybridized carbons (Fsp3) is 0.0556. The molecule has 0 amide bonds. The van der Waals surface area contributed by atoms with Crippen LogP contribution in [0.1, 0.15) is 10.4 Å². The maximum atomic E-state index is 12.5. The molecular weight excluding hydrogens is 356 g/mol. The fourth-order valence-corrected chi connectivity index (χ4v) is 5.00. The van der Waals surface area contributed by atoms with Gasteiger partial charge in [0.2, 0.25) is 0 Å². The standard InChI is InChI=1S/C18H14N2O3S2/c1-11-15(16(21)17(24-11)12-7-3-2-4-8-12)18-19-13-9-5-6-10-14(13)25(22,23)20-18/h2-10,21H,1H3,(H,19,20). The van der Waals surface area contributed by atoms with Crippen molar-refractivity contribution in [3.05, 3.63) is 65.0 Å². The third-order valence-electron chi connectivity index (χ3n) is 3.96. The molecule has 0 saturated heterocycles. The number of nitrogens with zero attached hydrogens (tertiary/aromatic N) is 1. The molecule has 0 bridgehead atoms. The molecule has 0 aliphatic carbocycles. The first-order valence-electron chi connectivity index (χ1n) is 7.56. The van der Waals surface area contributed by atoms with Crippen molar-refractivity contribution >= 4 is 32.9 Å². The second kappa shape index (κ2) is 5.72. The Balaban J connectivity index is 1.87. The molecule has 0 spiro atoms. The summed E-state index contributed by atoms with van der Waals surface area (Å²) in [5, 5.41) is 13.8. The predicted octanol–water partition coefficient (Wildman–Crippen LogP) is 3.99. The Morgan fingerprint density at radius 3 is 2.48 bits per heavy atom. The van der Waals surface area contributed by atoms with Crippen LogP contribution in [0.3, 0.4) is 0 Å². The van der Waals surface area contributed by atoms with Crippen LogP contribution in [0.15, 0.2) is 63.9 Å². The van der Waals surface area contributed by atoms with Crippen molar-refractivity contribution in [3.63, 3.8) is 0 Å². The van der Waals surface area contributed by atoms with Crippen LogP contribution in [0.5, 0.6) is 5.75 Å². The molecule has 2 heterocycles. The van der Waals surface area contributed by atoms with E-state index in [1.54, 1.807) is 18.2 Å². The van der Waals surface area contributed by atoms with Gasteiger partial charge in [0.05, 0.1) is 16.1 Å². The fourth-order valence-electron chi connectivity index (χ4n) is 2.82. The lowest BCUT2D eigenvalue weighted by atomic mass is 10.1. The molecule has 2 aromatic carbocycles. The monoisotopic (exact) mass is 370 g/mol. The molecule has 126 valence electrons. The Morgan fingerprint density at radius 1 is 1.04 bits per heavy atom. The summed E-state index contributed by atoms with van der Waals surface area (Å²) in [6, 6.07) is 16.1. The molecule has 7 heteroatoms. The number of sulfonamides is 1. The molecular formula is C18H14N2O3S2. The van der Waals surface area contributed by atoms with Gasteiger partial charge in [-0.3, -0.25) is 0 Å². The molecule has 0 radical (unpaired) electrons. The Hall–Kier alpha value is -2.64. The van der Waals surface area contributed by atoms with E-state index < -0.39 is 10.0 Å². The predicted molar refractivity (Wildman–Crippen MR) is 99.9 cm³/mol. The largest absolute Gasteiger partial charge is 0.506 e. The topological polar surface area (TPSA) is 78.8 Å². The minimum Gasteiger partial charge on any atom is -0.506 e. The van der Waals surface area contributed by atoms with E-state index in [0.29, 0.717) is 16.1 Å². The summed E-state index contributed by atoms with van der Waals surface area (Å²) in [6.07, 6.45) is 0. The Bertz CT molecular complexity index is 1100. The lowest BCUT2D eigenvalue weighted by Gasteiger charge is -2.18. The number of rotatable bonds is 2. The average Bonchev–Trinajstić information content (AvgIpc) is 2.89. The van der Waals surface area contributed by atoms with Gasteiger partial charge in [-0.15, -0.1) is 15.7 Å². The molecule has 1 aliphatic rings. The molecule has 0 atom stereocenters. The number of nitrogens with one attached hydrogen (secondary N) is 1. The second-order valence-corrected chi connectivity index (χ2v) is 8.41. The van der Waals surface area contributed by atoms with E-state index in [0.717, 1.165) is 10.4 Å². The third kappa shape index (κ3) is 2.61. The highest BCUT2D eigenvalue weighted by atomic mass is 32.2. The number of hydrogen-bond donors (Lipinski definition) is 2.